The zero-order chi connectivity index (χ0) is 23.8. The van der Waals surface area contributed by atoms with E-state index in [0.717, 1.165) is 17.6 Å². The van der Waals surface area contributed by atoms with Gasteiger partial charge >= 0.3 is 0 Å². The Morgan fingerprint density at radius 3 is 2.61 bits per heavy atom. The lowest BCUT2D eigenvalue weighted by molar-refractivity contribution is 0.0795. The van der Waals surface area contributed by atoms with Crippen molar-refractivity contribution >= 4 is 32.5 Å². The lowest BCUT2D eigenvalue weighted by atomic mass is 10.0. The van der Waals surface area contributed by atoms with Crippen molar-refractivity contribution in [1.29, 1.82) is 0 Å². The van der Waals surface area contributed by atoms with Crippen molar-refractivity contribution in [3.05, 3.63) is 59.3 Å². The van der Waals surface area contributed by atoms with Gasteiger partial charge < -0.3 is 14.4 Å². The van der Waals surface area contributed by atoms with Crippen LogP contribution in [0.5, 0.6) is 11.5 Å². The van der Waals surface area contributed by atoms with Crippen LogP contribution in [0.15, 0.2) is 42.6 Å². The molecule has 4 rings (SSSR count). The Labute approximate surface area is 192 Å². The Balaban J connectivity index is 1.90. The molecule has 0 spiro atoms. The van der Waals surface area contributed by atoms with Gasteiger partial charge in [-0.25, -0.2) is 8.42 Å². The number of terminal acetylenes is 1. The average molecular weight is 466 g/mol. The highest BCUT2D eigenvalue weighted by molar-refractivity contribution is 7.92. The highest BCUT2D eigenvalue weighted by Gasteiger charge is 2.37. The van der Waals surface area contributed by atoms with Crippen molar-refractivity contribution in [2.75, 3.05) is 31.3 Å². The molecule has 1 amide bonds. The SMILES string of the molecule is C#CCN1Cc2c(c(OCc3ccc(OC)cc3)c3ncccc3c2N(C)S(C)(=O)=O)C1=O. The third-order valence-electron chi connectivity index (χ3n) is 5.58. The summed E-state index contributed by atoms with van der Waals surface area (Å²) in [4.78, 5) is 19.2. The van der Waals surface area contributed by atoms with Gasteiger partial charge in [0, 0.05) is 30.7 Å². The number of hydrogen-bond donors (Lipinski definition) is 0. The van der Waals surface area contributed by atoms with Crippen LogP contribution in [0.25, 0.3) is 10.9 Å². The maximum atomic E-state index is 13.3. The lowest BCUT2D eigenvalue weighted by Crippen LogP contribution is -2.26. The van der Waals surface area contributed by atoms with Crippen LogP contribution in [0.4, 0.5) is 5.69 Å². The minimum atomic E-state index is -3.61. The van der Waals surface area contributed by atoms with Crippen LogP contribution in [0.2, 0.25) is 0 Å². The normalized spacial score (nSPS) is 13.0. The first kappa shape index (κ1) is 22.4. The van der Waals surface area contributed by atoms with E-state index in [4.69, 9.17) is 15.9 Å². The summed E-state index contributed by atoms with van der Waals surface area (Å²) in [5.74, 6) is 3.21. The predicted molar refractivity (Wildman–Crippen MR) is 126 cm³/mol. The third-order valence-corrected chi connectivity index (χ3v) is 6.76. The number of pyridine rings is 1. The Kier molecular flexibility index (Phi) is 5.87. The average Bonchev–Trinajstić information content (AvgIpc) is 3.12. The number of benzene rings is 2. The number of rotatable bonds is 7. The molecule has 1 aliphatic heterocycles. The van der Waals surface area contributed by atoms with E-state index in [1.807, 2.05) is 24.3 Å². The summed E-state index contributed by atoms with van der Waals surface area (Å²) in [6, 6.07) is 10.9. The predicted octanol–water partition coefficient (Wildman–Crippen LogP) is 2.81. The number of amides is 1. The molecule has 0 unspecified atom stereocenters. The van der Waals surface area contributed by atoms with Crippen molar-refractivity contribution in [3.8, 4) is 23.8 Å². The molecule has 3 aromatic rings. The third kappa shape index (κ3) is 4.05. The van der Waals surface area contributed by atoms with E-state index in [1.165, 1.54) is 16.3 Å². The van der Waals surface area contributed by atoms with Crippen LogP contribution >= 0.6 is 0 Å². The number of fused-ring (bicyclic) bond motifs is 2. The number of carbonyl (C=O) groups excluding carboxylic acids is 1. The Morgan fingerprint density at radius 2 is 1.97 bits per heavy atom. The Bertz CT molecular complexity index is 1380. The van der Waals surface area contributed by atoms with E-state index in [0.29, 0.717) is 27.9 Å². The molecular formula is C24H23N3O5S. The number of hydrogen-bond acceptors (Lipinski definition) is 6. The van der Waals surface area contributed by atoms with Crippen LogP contribution < -0.4 is 13.8 Å². The number of sulfonamides is 1. The second kappa shape index (κ2) is 8.64. The molecular weight excluding hydrogens is 442 g/mol. The monoisotopic (exact) mass is 465 g/mol. The van der Waals surface area contributed by atoms with Gasteiger partial charge in [0.2, 0.25) is 10.0 Å². The molecule has 33 heavy (non-hydrogen) atoms. The van der Waals surface area contributed by atoms with Gasteiger partial charge in [-0.15, -0.1) is 6.42 Å². The molecule has 8 nitrogen and oxygen atoms in total. The Hall–Kier alpha value is -3.77. The van der Waals surface area contributed by atoms with E-state index in [2.05, 4.69) is 10.9 Å². The largest absolute Gasteiger partial charge is 0.497 e. The van der Waals surface area contributed by atoms with Gasteiger partial charge in [0.15, 0.2) is 5.75 Å². The summed E-state index contributed by atoms with van der Waals surface area (Å²) in [5, 5.41) is 0.573. The van der Waals surface area contributed by atoms with Crippen molar-refractivity contribution in [2.24, 2.45) is 0 Å². The van der Waals surface area contributed by atoms with Gasteiger partial charge in [-0.3, -0.25) is 14.1 Å². The molecule has 0 bridgehead atoms. The fourth-order valence-electron chi connectivity index (χ4n) is 3.90. The van der Waals surface area contributed by atoms with Crippen molar-refractivity contribution in [3.63, 3.8) is 0 Å². The summed E-state index contributed by atoms with van der Waals surface area (Å²) < 4.78 is 37.4. The van der Waals surface area contributed by atoms with Gasteiger partial charge in [0.1, 0.15) is 17.9 Å². The molecule has 0 saturated carbocycles. The maximum absolute atomic E-state index is 13.3. The zero-order valence-electron chi connectivity index (χ0n) is 18.5. The maximum Gasteiger partial charge on any atom is 0.259 e. The topological polar surface area (TPSA) is 89.0 Å². The summed E-state index contributed by atoms with van der Waals surface area (Å²) >= 11 is 0. The molecule has 2 aromatic carbocycles. The second-order valence-corrected chi connectivity index (χ2v) is 9.68. The van der Waals surface area contributed by atoms with Gasteiger partial charge in [-0.1, -0.05) is 18.1 Å². The Morgan fingerprint density at radius 1 is 1.24 bits per heavy atom. The molecule has 9 heteroatoms. The smallest absolute Gasteiger partial charge is 0.259 e. The van der Waals surface area contributed by atoms with Crippen LogP contribution in [0.1, 0.15) is 21.5 Å². The fraction of sp³-hybridized carbons (Fsp3) is 0.250. The summed E-state index contributed by atoms with van der Waals surface area (Å²) in [6.07, 6.45) is 8.16. The quantitative estimate of drug-likeness (QED) is 0.499. The van der Waals surface area contributed by atoms with E-state index >= 15 is 0 Å². The second-order valence-electron chi connectivity index (χ2n) is 7.66. The summed E-state index contributed by atoms with van der Waals surface area (Å²) in [5.41, 5.74) is 2.52. The molecule has 0 saturated heterocycles. The highest BCUT2D eigenvalue weighted by atomic mass is 32.2. The molecule has 0 fully saturated rings. The van der Waals surface area contributed by atoms with Gasteiger partial charge in [-0.05, 0) is 29.8 Å². The highest BCUT2D eigenvalue weighted by Crippen LogP contribution is 2.45. The number of nitrogens with zero attached hydrogens (tertiary/aromatic N) is 3. The molecule has 2 heterocycles. The van der Waals surface area contributed by atoms with E-state index < -0.39 is 10.0 Å². The molecule has 0 aliphatic carbocycles. The van der Waals surface area contributed by atoms with Gasteiger partial charge in [-0.2, -0.15) is 0 Å². The molecule has 0 atom stereocenters. The first-order valence-corrected chi connectivity index (χ1v) is 12.0. The van der Waals surface area contributed by atoms with Gasteiger partial charge in [0.05, 0.1) is 31.2 Å². The molecule has 0 N–H and O–H groups in total. The van der Waals surface area contributed by atoms with Crippen LogP contribution in [0, 0.1) is 12.3 Å². The fourth-order valence-corrected chi connectivity index (χ4v) is 4.44. The molecule has 170 valence electrons. The zero-order valence-corrected chi connectivity index (χ0v) is 19.3. The first-order chi connectivity index (χ1) is 15.8. The van der Waals surface area contributed by atoms with Crippen LogP contribution in [-0.2, 0) is 23.2 Å². The van der Waals surface area contributed by atoms with Crippen molar-refractivity contribution in [2.45, 2.75) is 13.2 Å². The minimum absolute atomic E-state index is 0.0945. The minimum Gasteiger partial charge on any atom is -0.497 e. The number of aromatic nitrogens is 1. The van der Waals surface area contributed by atoms with E-state index in [-0.39, 0.29) is 31.2 Å². The first-order valence-electron chi connectivity index (χ1n) is 10.1. The van der Waals surface area contributed by atoms with E-state index in [1.54, 1.807) is 25.4 Å². The number of anilines is 1. The van der Waals surface area contributed by atoms with Gasteiger partial charge in [0.25, 0.3) is 5.91 Å². The standard InChI is InChI=1S/C24H23N3O5S/c1-5-13-27-14-19-20(24(27)28)23(32-15-16-8-10-17(31-3)11-9-16)21-18(7-6-12-25-21)22(19)26(2)33(4,29)30/h1,6-12H,13-15H2,2-4H3. The van der Waals surface area contributed by atoms with Crippen molar-refractivity contribution in [1.82, 2.24) is 9.88 Å². The molecule has 0 radical (unpaired) electrons. The molecule has 1 aliphatic rings. The summed E-state index contributed by atoms with van der Waals surface area (Å²) in [7, 11) is -0.554. The van der Waals surface area contributed by atoms with E-state index in [9.17, 15) is 13.2 Å². The van der Waals surface area contributed by atoms with Crippen LogP contribution in [-0.4, -0.2) is 51.2 Å². The number of ether oxygens (including phenoxy) is 2. The lowest BCUT2D eigenvalue weighted by Gasteiger charge is -2.23. The van der Waals surface area contributed by atoms with Crippen molar-refractivity contribution < 1.29 is 22.7 Å². The number of carbonyl (C=O) groups is 1. The number of methoxy groups -OCH3 is 1. The molecule has 1 aromatic heterocycles. The summed E-state index contributed by atoms with van der Waals surface area (Å²) in [6.45, 7) is 0.459. The van der Waals surface area contributed by atoms with Crippen LogP contribution in [0.3, 0.4) is 0 Å².